The standard InChI is InChI=1S/C40H40FN5O2/c1-29(47)39(48-35-20-18-33(41)19-21-35)46-38-17-8-7-16-37(38)45(40(46)42)27-30-10-9-14-34(26-30)44-24-22-43(23-25-44)28-32-13-5-6-15-36(32)31-11-3-2-4-12-31/h2-21,26,29,39,42,47H,22-25,27-28H2,1H3. The summed E-state index contributed by atoms with van der Waals surface area (Å²) >= 11 is 0. The minimum absolute atomic E-state index is 0.207. The molecule has 0 spiro atoms. The normalized spacial score (nSPS) is 15.0. The van der Waals surface area contributed by atoms with Crippen molar-refractivity contribution < 1.29 is 14.2 Å². The van der Waals surface area contributed by atoms with E-state index in [1.165, 1.54) is 46.6 Å². The summed E-state index contributed by atoms with van der Waals surface area (Å²) in [6.07, 6.45) is -1.81. The summed E-state index contributed by atoms with van der Waals surface area (Å²) in [6, 6.07) is 41.4. The highest BCUT2D eigenvalue weighted by atomic mass is 19.1. The van der Waals surface area contributed by atoms with Crippen molar-refractivity contribution in [2.24, 2.45) is 0 Å². The largest absolute Gasteiger partial charge is 0.467 e. The molecular formula is C40H40FN5O2. The second kappa shape index (κ2) is 13.9. The van der Waals surface area contributed by atoms with E-state index in [-0.39, 0.29) is 11.4 Å². The van der Waals surface area contributed by atoms with Crippen LogP contribution >= 0.6 is 0 Å². The highest BCUT2D eigenvalue weighted by molar-refractivity contribution is 5.76. The molecule has 7 rings (SSSR count). The zero-order valence-corrected chi connectivity index (χ0v) is 27.0. The topological polar surface area (TPSA) is 69.6 Å². The number of hydrogen-bond donors (Lipinski definition) is 2. The van der Waals surface area contributed by atoms with E-state index < -0.39 is 12.3 Å². The second-order valence-corrected chi connectivity index (χ2v) is 12.4. The van der Waals surface area contributed by atoms with Gasteiger partial charge in [0.1, 0.15) is 17.7 Å². The Kier molecular flexibility index (Phi) is 9.09. The quantitative estimate of drug-likeness (QED) is 0.168. The number of aliphatic hydroxyl groups is 1. The molecule has 0 bridgehead atoms. The molecule has 5 aromatic carbocycles. The van der Waals surface area contributed by atoms with E-state index in [0.29, 0.717) is 12.3 Å². The first-order chi connectivity index (χ1) is 23.4. The predicted molar refractivity (Wildman–Crippen MR) is 188 cm³/mol. The first kappa shape index (κ1) is 31.4. The molecule has 2 heterocycles. The highest BCUT2D eigenvalue weighted by Crippen LogP contribution is 2.27. The van der Waals surface area contributed by atoms with Gasteiger partial charge in [0.15, 0.2) is 0 Å². The van der Waals surface area contributed by atoms with Crippen LogP contribution in [0.25, 0.3) is 22.2 Å². The van der Waals surface area contributed by atoms with Gasteiger partial charge in [-0.25, -0.2) is 4.39 Å². The highest BCUT2D eigenvalue weighted by Gasteiger charge is 2.25. The van der Waals surface area contributed by atoms with E-state index in [1.54, 1.807) is 11.5 Å². The van der Waals surface area contributed by atoms with E-state index >= 15 is 0 Å². The van der Waals surface area contributed by atoms with Crippen LogP contribution in [0.3, 0.4) is 0 Å². The summed E-state index contributed by atoms with van der Waals surface area (Å²) in [5.41, 5.74) is 8.00. The molecule has 48 heavy (non-hydrogen) atoms. The van der Waals surface area contributed by atoms with Crippen molar-refractivity contribution in [3.05, 3.63) is 150 Å². The van der Waals surface area contributed by atoms with Crippen LogP contribution in [0.15, 0.2) is 127 Å². The number of imidazole rings is 1. The predicted octanol–water partition coefficient (Wildman–Crippen LogP) is 7.06. The molecule has 1 aliphatic heterocycles. The number of aliphatic hydroxyl groups excluding tert-OH is 1. The lowest BCUT2D eigenvalue weighted by molar-refractivity contribution is 0.000586. The van der Waals surface area contributed by atoms with Gasteiger partial charge in [0.25, 0.3) is 0 Å². The van der Waals surface area contributed by atoms with Crippen LogP contribution in [0.1, 0.15) is 24.3 Å². The van der Waals surface area contributed by atoms with Crippen molar-refractivity contribution in [1.29, 1.82) is 5.41 Å². The van der Waals surface area contributed by atoms with Gasteiger partial charge < -0.3 is 19.3 Å². The number of nitrogens with one attached hydrogen (secondary N) is 1. The Morgan fingerprint density at radius 2 is 1.44 bits per heavy atom. The van der Waals surface area contributed by atoms with Gasteiger partial charge in [-0.1, -0.05) is 78.9 Å². The second-order valence-electron chi connectivity index (χ2n) is 12.4. The smallest absolute Gasteiger partial charge is 0.206 e. The fourth-order valence-electron chi connectivity index (χ4n) is 6.69. The molecule has 8 heteroatoms. The molecule has 244 valence electrons. The minimum atomic E-state index is -0.933. The third-order valence-electron chi connectivity index (χ3n) is 9.14. The molecule has 0 aliphatic carbocycles. The number of hydrogen-bond acceptors (Lipinski definition) is 5. The van der Waals surface area contributed by atoms with Gasteiger partial charge in [-0.3, -0.25) is 14.9 Å². The van der Waals surface area contributed by atoms with Crippen LogP contribution in [0.4, 0.5) is 10.1 Å². The van der Waals surface area contributed by atoms with E-state index in [4.69, 9.17) is 4.74 Å². The minimum Gasteiger partial charge on any atom is -0.467 e. The first-order valence-corrected chi connectivity index (χ1v) is 16.5. The molecule has 0 saturated carbocycles. The van der Waals surface area contributed by atoms with Crippen LogP contribution < -0.4 is 15.3 Å². The number of para-hydroxylation sites is 2. The Labute approximate surface area is 280 Å². The number of anilines is 1. The molecule has 7 nitrogen and oxygen atoms in total. The lowest BCUT2D eigenvalue weighted by Gasteiger charge is -2.36. The van der Waals surface area contributed by atoms with E-state index in [1.807, 2.05) is 28.8 Å². The average molecular weight is 642 g/mol. The third kappa shape index (κ3) is 6.63. The Morgan fingerprint density at radius 3 is 2.19 bits per heavy atom. The van der Waals surface area contributed by atoms with Crippen LogP contribution in [0.5, 0.6) is 5.75 Å². The molecule has 1 fully saturated rings. The number of aromatic nitrogens is 2. The molecule has 2 unspecified atom stereocenters. The summed E-state index contributed by atoms with van der Waals surface area (Å²) in [7, 11) is 0. The van der Waals surface area contributed by atoms with Gasteiger partial charge in [-0.05, 0) is 77.7 Å². The maximum absolute atomic E-state index is 13.6. The van der Waals surface area contributed by atoms with Gasteiger partial charge in [0.2, 0.25) is 11.8 Å². The molecule has 2 atom stereocenters. The lowest BCUT2D eigenvalue weighted by atomic mass is 9.99. The fraction of sp³-hybridized carbons (Fsp3) is 0.225. The Hall–Kier alpha value is -5.18. The Balaban J connectivity index is 1.08. The molecular weight excluding hydrogens is 601 g/mol. The van der Waals surface area contributed by atoms with Crippen molar-refractivity contribution in [2.45, 2.75) is 32.3 Å². The molecule has 6 aromatic rings. The van der Waals surface area contributed by atoms with Crippen LogP contribution in [-0.4, -0.2) is 51.4 Å². The number of nitrogens with zero attached hydrogens (tertiary/aromatic N) is 4. The monoisotopic (exact) mass is 641 g/mol. The maximum atomic E-state index is 13.6. The van der Waals surface area contributed by atoms with Crippen molar-refractivity contribution in [3.63, 3.8) is 0 Å². The summed E-state index contributed by atoms with van der Waals surface area (Å²) in [5, 5.41) is 20.0. The Bertz CT molecular complexity index is 2050. The van der Waals surface area contributed by atoms with Crippen molar-refractivity contribution in [2.75, 3.05) is 31.1 Å². The SMILES string of the molecule is CC(O)C(Oc1ccc(F)cc1)n1c(=N)n(Cc2cccc(N3CCN(Cc4ccccc4-c4ccccc4)CC3)c2)c2ccccc21. The van der Waals surface area contributed by atoms with Crippen LogP contribution in [0, 0.1) is 11.2 Å². The van der Waals surface area contributed by atoms with Gasteiger partial charge >= 0.3 is 0 Å². The molecule has 0 radical (unpaired) electrons. The van der Waals surface area contributed by atoms with Crippen molar-refractivity contribution in [3.8, 4) is 16.9 Å². The molecule has 2 N–H and O–H groups in total. The summed E-state index contributed by atoms with van der Waals surface area (Å²) in [5.74, 6) is 0.0503. The summed E-state index contributed by atoms with van der Waals surface area (Å²) in [6.45, 7) is 6.86. The number of piperazine rings is 1. The van der Waals surface area contributed by atoms with Gasteiger partial charge in [0.05, 0.1) is 17.6 Å². The number of ether oxygens (including phenoxy) is 1. The molecule has 1 aromatic heterocycles. The van der Waals surface area contributed by atoms with Gasteiger partial charge in [0, 0.05) is 38.4 Å². The molecule has 0 amide bonds. The summed E-state index contributed by atoms with van der Waals surface area (Å²) in [4.78, 5) is 4.98. The van der Waals surface area contributed by atoms with E-state index in [0.717, 1.165) is 49.3 Å². The van der Waals surface area contributed by atoms with Crippen molar-refractivity contribution in [1.82, 2.24) is 14.0 Å². The third-order valence-corrected chi connectivity index (χ3v) is 9.14. The summed E-state index contributed by atoms with van der Waals surface area (Å²) < 4.78 is 23.4. The van der Waals surface area contributed by atoms with Crippen LogP contribution in [0.2, 0.25) is 0 Å². The van der Waals surface area contributed by atoms with Gasteiger partial charge in [-0.2, -0.15) is 0 Å². The van der Waals surface area contributed by atoms with Crippen LogP contribution in [-0.2, 0) is 13.1 Å². The van der Waals surface area contributed by atoms with Gasteiger partial charge in [-0.15, -0.1) is 0 Å². The zero-order valence-electron chi connectivity index (χ0n) is 27.0. The number of halogens is 1. The van der Waals surface area contributed by atoms with E-state index in [2.05, 4.69) is 88.7 Å². The number of fused-ring (bicyclic) bond motifs is 1. The zero-order chi connectivity index (χ0) is 33.0. The lowest BCUT2D eigenvalue weighted by Crippen LogP contribution is -2.46. The fourth-order valence-corrected chi connectivity index (χ4v) is 6.69. The van der Waals surface area contributed by atoms with Crippen molar-refractivity contribution >= 4 is 16.7 Å². The Morgan fingerprint density at radius 1 is 0.750 bits per heavy atom. The maximum Gasteiger partial charge on any atom is 0.206 e. The van der Waals surface area contributed by atoms with E-state index in [9.17, 15) is 14.9 Å². The number of benzene rings is 5. The first-order valence-electron chi connectivity index (χ1n) is 16.5. The molecule has 1 aliphatic rings. The number of rotatable bonds is 10. The average Bonchev–Trinajstić information content (AvgIpc) is 3.39. The molecule has 1 saturated heterocycles.